The van der Waals surface area contributed by atoms with Gasteiger partial charge in [-0.05, 0) is 54.5 Å². The molecule has 1 heteroatoms. The normalized spacial score (nSPS) is 12.4. The molecule has 0 amide bonds. The second-order valence-corrected chi connectivity index (χ2v) is 6.37. The lowest BCUT2D eigenvalue weighted by atomic mass is 9.94. The fourth-order valence-corrected chi connectivity index (χ4v) is 3.47. The molecule has 2 rings (SSSR count). The summed E-state index contributed by atoms with van der Waals surface area (Å²) >= 11 is 3.89. The maximum absolute atomic E-state index is 3.89. The molecule has 0 fully saturated rings. The summed E-state index contributed by atoms with van der Waals surface area (Å²) in [6, 6.07) is 13.6. The van der Waals surface area contributed by atoms with E-state index >= 15 is 0 Å². The minimum atomic E-state index is 0.276. The van der Waals surface area contributed by atoms with Crippen molar-refractivity contribution in [2.75, 3.05) is 0 Å². The minimum Gasteiger partial charge on any atom is -0.0786 e. The van der Waals surface area contributed by atoms with Crippen molar-refractivity contribution in [2.45, 2.75) is 45.4 Å². The average molecular weight is 331 g/mol. The molecule has 0 nitrogen and oxygen atoms in total. The van der Waals surface area contributed by atoms with Gasteiger partial charge in [0.05, 0.1) is 4.83 Å². The van der Waals surface area contributed by atoms with Crippen LogP contribution in [-0.4, -0.2) is 0 Å². The first-order valence-electron chi connectivity index (χ1n) is 7.39. The molecule has 0 aliphatic rings. The third-order valence-corrected chi connectivity index (χ3v) is 5.01. The van der Waals surface area contributed by atoms with E-state index in [2.05, 4.69) is 80.0 Å². The van der Waals surface area contributed by atoms with Gasteiger partial charge in [0.1, 0.15) is 0 Å². The van der Waals surface area contributed by atoms with Crippen molar-refractivity contribution in [1.29, 1.82) is 0 Å². The molecular weight excluding hydrogens is 308 g/mol. The molecule has 0 heterocycles. The molecule has 0 spiro atoms. The molecule has 0 bridgehead atoms. The monoisotopic (exact) mass is 330 g/mol. The van der Waals surface area contributed by atoms with Crippen molar-refractivity contribution in [3.8, 4) is 0 Å². The van der Waals surface area contributed by atoms with E-state index in [1.54, 1.807) is 0 Å². The lowest BCUT2D eigenvalue weighted by Gasteiger charge is -2.17. The van der Waals surface area contributed by atoms with Crippen LogP contribution in [0.5, 0.6) is 0 Å². The van der Waals surface area contributed by atoms with Gasteiger partial charge < -0.3 is 0 Å². The molecule has 2 aromatic rings. The summed E-state index contributed by atoms with van der Waals surface area (Å²) in [5, 5.41) is 0. The second kappa shape index (κ2) is 6.58. The Kier molecular flexibility index (Phi) is 5.04. The van der Waals surface area contributed by atoms with E-state index in [-0.39, 0.29) is 4.83 Å². The molecule has 0 radical (unpaired) electrons. The predicted molar refractivity (Wildman–Crippen MR) is 91.9 cm³/mol. The Morgan fingerprint density at radius 1 is 0.900 bits per heavy atom. The van der Waals surface area contributed by atoms with Crippen molar-refractivity contribution in [2.24, 2.45) is 0 Å². The smallest absolute Gasteiger partial charge is 0.0647 e. The lowest BCUT2D eigenvalue weighted by molar-refractivity contribution is 1.02. The van der Waals surface area contributed by atoms with Crippen molar-refractivity contribution in [3.05, 3.63) is 69.8 Å². The van der Waals surface area contributed by atoms with Gasteiger partial charge in [0.2, 0.25) is 0 Å². The van der Waals surface area contributed by atoms with E-state index in [9.17, 15) is 0 Å². The number of rotatable bonds is 4. The molecule has 2 aromatic carbocycles. The number of halogens is 1. The minimum absolute atomic E-state index is 0.276. The van der Waals surface area contributed by atoms with Crippen LogP contribution in [0.25, 0.3) is 0 Å². The van der Waals surface area contributed by atoms with Crippen molar-refractivity contribution in [1.82, 2.24) is 0 Å². The standard InChI is InChI=1S/C19H23Br/c1-5-15-9-10-17(12-16(15)6-2)19(20)18-11-13(3)7-8-14(18)4/h7-12,19H,5-6H2,1-4H3. The largest absolute Gasteiger partial charge is 0.0786 e. The van der Waals surface area contributed by atoms with Crippen molar-refractivity contribution >= 4 is 15.9 Å². The molecule has 0 aliphatic carbocycles. The van der Waals surface area contributed by atoms with Crippen LogP contribution in [0.15, 0.2) is 36.4 Å². The Balaban J connectivity index is 2.42. The Hall–Kier alpha value is -1.08. The summed E-state index contributed by atoms with van der Waals surface area (Å²) in [7, 11) is 0. The van der Waals surface area contributed by atoms with Crippen molar-refractivity contribution in [3.63, 3.8) is 0 Å². The zero-order valence-corrected chi connectivity index (χ0v) is 14.4. The fourth-order valence-electron chi connectivity index (χ4n) is 2.69. The van der Waals surface area contributed by atoms with Crippen LogP contribution >= 0.6 is 15.9 Å². The highest BCUT2D eigenvalue weighted by Crippen LogP contribution is 2.34. The highest BCUT2D eigenvalue weighted by Gasteiger charge is 2.14. The molecule has 1 atom stereocenters. The highest BCUT2D eigenvalue weighted by atomic mass is 79.9. The van der Waals surface area contributed by atoms with Gasteiger partial charge in [-0.2, -0.15) is 0 Å². The van der Waals surface area contributed by atoms with Crippen LogP contribution in [0, 0.1) is 13.8 Å². The number of benzene rings is 2. The number of hydrogen-bond donors (Lipinski definition) is 0. The van der Waals surface area contributed by atoms with Gasteiger partial charge >= 0.3 is 0 Å². The van der Waals surface area contributed by atoms with Crippen LogP contribution < -0.4 is 0 Å². The number of hydrogen-bond acceptors (Lipinski definition) is 0. The van der Waals surface area contributed by atoms with Gasteiger partial charge in [0, 0.05) is 0 Å². The second-order valence-electron chi connectivity index (χ2n) is 5.46. The van der Waals surface area contributed by atoms with Gasteiger partial charge in [0.15, 0.2) is 0 Å². The first kappa shape index (κ1) is 15.3. The Bertz CT molecular complexity index is 599. The Morgan fingerprint density at radius 2 is 1.60 bits per heavy atom. The first-order valence-corrected chi connectivity index (χ1v) is 8.31. The summed E-state index contributed by atoms with van der Waals surface area (Å²) in [6.07, 6.45) is 2.21. The summed E-state index contributed by atoms with van der Waals surface area (Å²) < 4.78 is 0. The zero-order valence-electron chi connectivity index (χ0n) is 12.8. The van der Waals surface area contributed by atoms with Gasteiger partial charge in [0.25, 0.3) is 0 Å². The molecule has 0 N–H and O–H groups in total. The molecular formula is C19H23Br. The average Bonchev–Trinajstić information content (AvgIpc) is 2.48. The molecule has 20 heavy (non-hydrogen) atoms. The van der Waals surface area contributed by atoms with Crippen LogP contribution in [0.4, 0.5) is 0 Å². The van der Waals surface area contributed by atoms with Gasteiger partial charge in [-0.1, -0.05) is 71.7 Å². The maximum Gasteiger partial charge on any atom is 0.0647 e. The van der Waals surface area contributed by atoms with E-state index in [0.717, 1.165) is 12.8 Å². The van der Waals surface area contributed by atoms with E-state index in [1.807, 2.05) is 0 Å². The fraction of sp³-hybridized carbons (Fsp3) is 0.368. The molecule has 0 aromatic heterocycles. The summed E-state index contributed by atoms with van der Waals surface area (Å²) in [5.74, 6) is 0. The summed E-state index contributed by atoms with van der Waals surface area (Å²) in [6.45, 7) is 8.80. The third kappa shape index (κ3) is 3.15. The van der Waals surface area contributed by atoms with Gasteiger partial charge in [-0.15, -0.1) is 0 Å². The van der Waals surface area contributed by atoms with Gasteiger partial charge in [-0.3, -0.25) is 0 Å². The number of alkyl halides is 1. The Labute approximate surface area is 131 Å². The van der Waals surface area contributed by atoms with Gasteiger partial charge in [-0.25, -0.2) is 0 Å². The van der Waals surface area contributed by atoms with E-state index in [1.165, 1.54) is 33.4 Å². The quantitative estimate of drug-likeness (QED) is 0.611. The van der Waals surface area contributed by atoms with E-state index in [4.69, 9.17) is 0 Å². The highest BCUT2D eigenvalue weighted by molar-refractivity contribution is 9.09. The summed E-state index contributed by atoms with van der Waals surface area (Å²) in [4.78, 5) is 0.276. The molecule has 106 valence electrons. The van der Waals surface area contributed by atoms with E-state index in [0.29, 0.717) is 0 Å². The van der Waals surface area contributed by atoms with Crippen molar-refractivity contribution < 1.29 is 0 Å². The SMILES string of the molecule is CCc1ccc(C(Br)c2cc(C)ccc2C)cc1CC. The molecule has 1 unspecified atom stereocenters. The predicted octanol–water partition coefficient (Wildman–Crippen LogP) is 5.91. The molecule has 0 aliphatic heterocycles. The Morgan fingerprint density at radius 3 is 2.25 bits per heavy atom. The number of aryl methyl sites for hydroxylation is 4. The summed E-state index contributed by atoms with van der Waals surface area (Å²) in [5.41, 5.74) is 8.33. The van der Waals surface area contributed by atoms with Crippen LogP contribution in [0.2, 0.25) is 0 Å². The van der Waals surface area contributed by atoms with Crippen LogP contribution in [-0.2, 0) is 12.8 Å². The van der Waals surface area contributed by atoms with Crippen LogP contribution in [0.1, 0.15) is 52.1 Å². The molecule has 0 saturated carbocycles. The van der Waals surface area contributed by atoms with Crippen LogP contribution in [0.3, 0.4) is 0 Å². The maximum atomic E-state index is 3.89. The third-order valence-electron chi connectivity index (χ3n) is 3.99. The lowest BCUT2D eigenvalue weighted by Crippen LogP contribution is -1.99. The molecule has 0 saturated heterocycles. The topological polar surface area (TPSA) is 0 Å². The first-order chi connectivity index (χ1) is 9.56. The van der Waals surface area contributed by atoms with E-state index < -0.39 is 0 Å². The zero-order chi connectivity index (χ0) is 14.7.